The summed E-state index contributed by atoms with van der Waals surface area (Å²) in [4.78, 5) is 34.4. The van der Waals surface area contributed by atoms with Crippen LogP contribution in [0.15, 0.2) is 30.3 Å². The molecule has 0 aliphatic rings. The van der Waals surface area contributed by atoms with E-state index in [4.69, 9.17) is 0 Å². The van der Waals surface area contributed by atoms with Gasteiger partial charge in [-0.3, -0.25) is 15.4 Å². The van der Waals surface area contributed by atoms with Crippen molar-refractivity contribution >= 4 is 18.1 Å². The van der Waals surface area contributed by atoms with Crippen LogP contribution in [0.2, 0.25) is 0 Å². The third-order valence-corrected chi connectivity index (χ3v) is 2.71. The van der Waals surface area contributed by atoms with Crippen molar-refractivity contribution < 1.29 is 23.9 Å². The molecule has 120 valence electrons. The fraction of sp³-hybridized carbons (Fsp3) is 0.357. The van der Waals surface area contributed by atoms with Crippen molar-refractivity contribution in [3.05, 3.63) is 35.9 Å². The van der Waals surface area contributed by atoms with E-state index >= 15 is 0 Å². The third-order valence-electron chi connectivity index (χ3n) is 2.71. The molecule has 0 atom stereocenters. The fourth-order valence-electron chi connectivity index (χ4n) is 1.60. The standard InChI is InChI=1S/C14H19N3O5/c1-21-13(19)16-11(17-14(20)22-2)12(18)15-9-8-10-6-4-3-5-7-10/h3-7,11H,8-9H2,1-2H3,(H,15,18)(H,16,19)(H,17,20). The maximum Gasteiger partial charge on any atom is 0.408 e. The first-order valence-electron chi connectivity index (χ1n) is 6.57. The first kappa shape index (κ1) is 17.3. The molecular weight excluding hydrogens is 290 g/mol. The monoisotopic (exact) mass is 309 g/mol. The molecule has 3 amide bonds. The molecule has 0 bridgehead atoms. The summed E-state index contributed by atoms with van der Waals surface area (Å²) < 4.78 is 8.80. The SMILES string of the molecule is COC(=O)NC(NC(=O)OC)C(=O)NCCc1ccccc1. The largest absolute Gasteiger partial charge is 0.453 e. The lowest BCUT2D eigenvalue weighted by molar-refractivity contribution is -0.123. The molecule has 8 nitrogen and oxygen atoms in total. The average Bonchev–Trinajstić information content (AvgIpc) is 2.54. The Morgan fingerprint density at radius 2 is 1.55 bits per heavy atom. The van der Waals surface area contributed by atoms with Gasteiger partial charge in [0.25, 0.3) is 5.91 Å². The van der Waals surface area contributed by atoms with Gasteiger partial charge in [0.05, 0.1) is 14.2 Å². The predicted molar refractivity (Wildman–Crippen MR) is 78.0 cm³/mol. The number of carbonyl (C=O) groups excluding carboxylic acids is 3. The Kier molecular flexibility index (Phi) is 7.24. The van der Waals surface area contributed by atoms with Crippen LogP contribution < -0.4 is 16.0 Å². The van der Waals surface area contributed by atoms with Gasteiger partial charge in [0.1, 0.15) is 0 Å². The van der Waals surface area contributed by atoms with Crippen molar-refractivity contribution in [1.82, 2.24) is 16.0 Å². The highest BCUT2D eigenvalue weighted by molar-refractivity contribution is 5.88. The molecule has 3 N–H and O–H groups in total. The highest BCUT2D eigenvalue weighted by Crippen LogP contribution is 1.98. The molecule has 0 spiro atoms. The molecule has 8 heteroatoms. The first-order valence-corrected chi connectivity index (χ1v) is 6.57. The normalized spacial score (nSPS) is 9.77. The molecule has 1 rings (SSSR count). The number of alkyl carbamates (subject to hydrolysis) is 2. The van der Waals surface area contributed by atoms with Crippen LogP contribution in [0.5, 0.6) is 0 Å². The summed E-state index contributed by atoms with van der Waals surface area (Å²) in [5.74, 6) is -0.577. The molecule has 0 saturated heterocycles. The molecule has 0 saturated carbocycles. The van der Waals surface area contributed by atoms with Crippen LogP contribution in [0.3, 0.4) is 0 Å². The summed E-state index contributed by atoms with van der Waals surface area (Å²) in [6.45, 7) is 0.352. The van der Waals surface area contributed by atoms with Crippen LogP contribution in [0.4, 0.5) is 9.59 Å². The second-order valence-corrected chi connectivity index (χ2v) is 4.23. The van der Waals surface area contributed by atoms with E-state index in [9.17, 15) is 14.4 Å². The summed E-state index contributed by atoms with van der Waals surface area (Å²) >= 11 is 0. The summed E-state index contributed by atoms with van der Waals surface area (Å²) in [5, 5.41) is 7.00. The second-order valence-electron chi connectivity index (χ2n) is 4.23. The number of nitrogens with one attached hydrogen (secondary N) is 3. The number of rotatable bonds is 6. The van der Waals surface area contributed by atoms with E-state index in [1.165, 1.54) is 0 Å². The van der Waals surface area contributed by atoms with E-state index in [0.29, 0.717) is 13.0 Å². The van der Waals surface area contributed by atoms with E-state index in [1.807, 2.05) is 30.3 Å². The van der Waals surface area contributed by atoms with Gasteiger partial charge in [-0.15, -0.1) is 0 Å². The summed E-state index contributed by atoms with van der Waals surface area (Å²) in [5.41, 5.74) is 1.06. The summed E-state index contributed by atoms with van der Waals surface area (Å²) in [7, 11) is 2.30. The Bertz CT molecular complexity index is 488. The minimum absolute atomic E-state index is 0.352. The van der Waals surface area contributed by atoms with E-state index < -0.39 is 24.3 Å². The van der Waals surface area contributed by atoms with Crippen LogP contribution in [0.1, 0.15) is 5.56 Å². The zero-order valence-corrected chi connectivity index (χ0v) is 12.4. The summed E-state index contributed by atoms with van der Waals surface area (Å²) in [6, 6.07) is 9.57. The van der Waals surface area contributed by atoms with E-state index in [0.717, 1.165) is 19.8 Å². The molecule has 22 heavy (non-hydrogen) atoms. The number of amides is 3. The van der Waals surface area contributed by atoms with Crippen molar-refractivity contribution in [3.8, 4) is 0 Å². The summed E-state index contributed by atoms with van der Waals surface area (Å²) in [6.07, 6.45) is -2.36. The van der Waals surface area contributed by atoms with Crippen molar-refractivity contribution in [1.29, 1.82) is 0 Å². The Labute approximate surface area is 128 Å². The highest BCUT2D eigenvalue weighted by Gasteiger charge is 2.23. The Hall–Kier alpha value is -2.77. The van der Waals surface area contributed by atoms with Gasteiger partial charge in [-0.05, 0) is 12.0 Å². The molecule has 0 aliphatic carbocycles. The van der Waals surface area contributed by atoms with Gasteiger partial charge in [0.15, 0.2) is 6.17 Å². The minimum Gasteiger partial charge on any atom is -0.453 e. The fourth-order valence-corrected chi connectivity index (χ4v) is 1.60. The number of ether oxygens (including phenoxy) is 2. The predicted octanol–water partition coefficient (Wildman–Crippen LogP) is 0.383. The van der Waals surface area contributed by atoms with Crippen molar-refractivity contribution in [2.45, 2.75) is 12.6 Å². The van der Waals surface area contributed by atoms with Gasteiger partial charge in [0, 0.05) is 6.54 Å². The highest BCUT2D eigenvalue weighted by atomic mass is 16.5. The van der Waals surface area contributed by atoms with Crippen molar-refractivity contribution in [3.63, 3.8) is 0 Å². The lowest BCUT2D eigenvalue weighted by Crippen LogP contribution is -2.56. The zero-order chi connectivity index (χ0) is 16.4. The molecule has 0 radical (unpaired) electrons. The van der Waals surface area contributed by atoms with E-state index in [-0.39, 0.29) is 0 Å². The Balaban J connectivity index is 2.51. The zero-order valence-electron chi connectivity index (χ0n) is 12.4. The van der Waals surface area contributed by atoms with Crippen LogP contribution in [-0.2, 0) is 20.7 Å². The average molecular weight is 309 g/mol. The maximum absolute atomic E-state index is 12.0. The lowest BCUT2D eigenvalue weighted by atomic mass is 10.1. The van der Waals surface area contributed by atoms with Gasteiger partial charge in [-0.1, -0.05) is 30.3 Å². The molecule has 0 heterocycles. The molecule has 0 fully saturated rings. The Morgan fingerprint density at radius 1 is 1.00 bits per heavy atom. The minimum atomic E-state index is -1.28. The molecule has 1 aromatic rings. The molecular formula is C14H19N3O5. The molecule has 0 unspecified atom stereocenters. The van der Waals surface area contributed by atoms with Gasteiger partial charge < -0.3 is 14.8 Å². The second kappa shape index (κ2) is 9.22. The quantitative estimate of drug-likeness (QED) is 0.659. The van der Waals surface area contributed by atoms with Crippen LogP contribution in [-0.4, -0.2) is 45.0 Å². The lowest BCUT2D eigenvalue weighted by Gasteiger charge is -2.18. The Morgan fingerprint density at radius 3 is 2.05 bits per heavy atom. The van der Waals surface area contributed by atoms with E-state index in [2.05, 4.69) is 25.4 Å². The van der Waals surface area contributed by atoms with Gasteiger partial charge >= 0.3 is 12.2 Å². The van der Waals surface area contributed by atoms with Gasteiger partial charge in [0.2, 0.25) is 0 Å². The third kappa shape index (κ3) is 6.12. The number of hydrogen-bond acceptors (Lipinski definition) is 5. The number of hydrogen-bond donors (Lipinski definition) is 3. The maximum atomic E-state index is 12.0. The van der Waals surface area contributed by atoms with Crippen molar-refractivity contribution in [2.75, 3.05) is 20.8 Å². The number of benzene rings is 1. The van der Waals surface area contributed by atoms with Gasteiger partial charge in [-0.2, -0.15) is 0 Å². The molecule has 1 aromatic carbocycles. The smallest absolute Gasteiger partial charge is 0.408 e. The molecule has 0 aliphatic heterocycles. The molecule has 0 aromatic heterocycles. The van der Waals surface area contributed by atoms with E-state index in [1.54, 1.807) is 0 Å². The van der Waals surface area contributed by atoms with Crippen LogP contribution >= 0.6 is 0 Å². The number of methoxy groups -OCH3 is 2. The van der Waals surface area contributed by atoms with Crippen LogP contribution in [0, 0.1) is 0 Å². The topological polar surface area (TPSA) is 106 Å². The van der Waals surface area contributed by atoms with Crippen LogP contribution in [0.25, 0.3) is 0 Å². The first-order chi connectivity index (χ1) is 10.6. The van der Waals surface area contributed by atoms with Gasteiger partial charge in [-0.25, -0.2) is 9.59 Å². The number of carbonyl (C=O) groups is 3. The van der Waals surface area contributed by atoms with Crippen molar-refractivity contribution in [2.24, 2.45) is 0 Å².